The molecule has 0 fully saturated rings. The molecular weight excluding hydrogens is 364 g/mol. The van der Waals surface area contributed by atoms with Crippen molar-refractivity contribution in [3.05, 3.63) is 58.6 Å². The highest BCUT2D eigenvalue weighted by molar-refractivity contribution is 6.30. The van der Waals surface area contributed by atoms with Crippen molar-refractivity contribution in [2.75, 3.05) is 18.9 Å². The highest BCUT2D eigenvalue weighted by Crippen LogP contribution is 2.22. The number of aryl methyl sites for hydroxylation is 2. The minimum absolute atomic E-state index is 0.0694. The molecule has 0 saturated carbocycles. The number of carbonyl (C=O) groups excluding carboxylic acids is 2. The summed E-state index contributed by atoms with van der Waals surface area (Å²) in [6, 6.07) is 12.6. The van der Waals surface area contributed by atoms with E-state index in [1.807, 2.05) is 32.0 Å². The van der Waals surface area contributed by atoms with Crippen LogP contribution in [0.25, 0.3) is 0 Å². The van der Waals surface area contributed by atoms with Gasteiger partial charge in [0.25, 0.3) is 5.91 Å². The predicted molar refractivity (Wildman–Crippen MR) is 108 cm³/mol. The normalized spacial score (nSPS) is 11.0. The van der Waals surface area contributed by atoms with E-state index < -0.39 is 5.60 Å². The summed E-state index contributed by atoms with van der Waals surface area (Å²) in [5.41, 5.74) is 1.61. The Balaban J connectivity index is 2.01. The molecule has 2 aromatic rings. The van der Waals surface area contributed by atoms with Gasteiger partial charge in [0.15, 0.2) is 5.60 Å². The lowest BCUT2D eigenvalue weighted by Gasteiger charge is -2.30. The van der Waals surface area contributed by atoms with Crippen LogP contribution in [0, 0.1) is 13.8 Å². The Hall–Kier alpha value is -2.53. The molecule has 0 saturated heterocycles. The number of hydrogen-bond donors (Lipinski definition) is 1. The van der Waals surface area contributed by atoms with Crippen LogP contribution in [0.1, 0.15) is 25.0 Å². The molecule has 2 amide bonds. The third-order valence-electron chi connectivity index (χ3n) is 4.17. The second-order valence-electron chi connectivity index (χ2n) is 7.04. The molecule has 2 rings (SSSR count). The first-order valence-corrected chi connectivity index (χ1v) is 9.04. The Kier molecular flexibility index (Phi) is 6.50. The molecule has 0 heterocycles. The van der Waals surface area contributed by atoms with Crippen LogP contribution >= 0.6 is 11.6 Å². The lowest BCUT2D eigenvalue weighted by molar-refractivity contribution is -0.145. The molecule has 0 bridgehead atoms. The van der Waals surface area contributed by atoms with E-state index >= 15 is 0 Å². The molecule has 0 aliphatic rings. The van der Waals surface area contributed by atoms with Crippen molar-refractivity contribution in [2.45, 2.75) is 33.3 Å². The largest absolute Gasteiger partial charge is 0.478 e. The van der Waals surface area contributed by atoms with Crippen LogP contribution < -0.4 is 10.1 Å². The van der Waals surface area contributed by atoms with E-state index in [0.29, 0.717) is 10.8 Å². The minimum Gasteiger partial charge on any atom is -0.478 e. The number of nitrogens with zero attached hydrogens (tertiary/aromatic N) is 1. The standard InChI is InChI=1S/C21H25ClN2O3/c1-14-7-6-8-15(2)19(14)23-18(25)13-24(5)20(26)21(3,4)27-17-11-9-16(22)10-12-17/h6-12H,13H2,1-5H3,(H,23,25). The highest BCUT2D eigenvalue weighted by Gasteiger charge is 2.33. The van der Waals surface area contributed by atoms with Gasteiger partial charge < -0.3 is 15.0 Å². The lowest BCUT2D eigenvalue weighted by atomic mass is 10.1. The zero-order valence-electron chi connectivity index (χ0n) is 16.3. The molecule has 0 unspecified atom stereocenters. The van der Waals surface area contributed by atoms with Crippen molar-refractivity contribution < 1.29 is 14.3 Å². The summed E-state index contributed by atoms with van der Waals surface area (Å²) in [6.07, 6.45) is 0. The van der Waals surface area contributed by atoms with Gasteiger partial charge in [-0.1, -0.05) is 29.8 Å². The monoisotopic (exact) mass is 388 g/mol. The molecule has 144 valence electrons. The molecule has 0 aliphatic carbocycles. The van der Waals surface area contributed by atoms with Crippen LogP contribution in [0.5, 0.6) is 5.75 Å². The fourth-order valence-corrected chi connectivity index (χ4v) is 2.90. The minimum atomic E-state index is -1.12. The van der Waals surface area contributed by atoms with E-state index in [2.05, 4.69) is 5.32 Å². The Morgan fingerprint density at radius 3 is 2.19 bits per heavy atom. The van der Waals surface area contributed by atoms with Gasteiger partial charge >= 0.3 is 0 Å². The van der Waals surface area contributed by atoms with Gasteiger partial charge in [0.2, 0.25) is 5.91 Å². The van der Waals surface area contributed by atoms with Crippen molar-refractivity contribution in [3.8, 4) is 5.75 Å². The number of halogens is 1. The van der Waals surface area contributed by atoms with Crippen molar-refractivity contribution in [2.24, 2.45) is 0 Å². The molecule has 1 N–H and O–H groups in total. The Bertz CT molecular complexity index is 812. The van der Waals surface area contributed by atoms with Crippen LogP contribution in [0.15, 0.2) is 42.5 Å². The van der Waals surface area contributed by atoms with Crippen molar-refractivity contribution in [1.29, 1.82) is 0 Å². The number of carbonyl (C=O) groups is 2. The molecule has 0 aliphatic heterocycles. The van der Waals surface area contributed by atoms with Crippen LogP contribution in [-0.2, 0) is 9.59 Å². The molecule has 2 aromatic carbocycles. The first-order chi connectivity index (χ1) is 12.6. The fraction of sp³-hybridized carbons (Fsp3) is 0.333. The summed E-state index contributed by atoms with van der Waals surface area (Å²) in [7, 11) is 1.58. The van der Waals surface area contributed by atoms with Gasteiger partial charge in [-0.25, -0.2) is 0 Å². The average Bonchev–Trinajstić information content (AvgIpc) is 2.59. The third-order valence-corrected chi connectivity index (χ3v) is 4.43. The van der Waals surface area contributed by atoms with E-state index in [1.165, 1.54) is 4.90 Å². The van der Waals surface area contributed by atoms with E-state index in [9.17, 15) is 9.59 Å². The van der Waals surface area contributed by atoms with Crippen molar-refractivity contribution in [3.63, 3.8) is 0 Å². The maximum Gasteiger partial charge on any atom is 0.266 e. The predicted octanol–water partition coefficient (Wildman–Crippen LogP) is 4.21. The molecular formula is C21H25ClN2O3. The Labute approximate surface area is 165 Å². The second-order valence-corrected chi connectivity index (χ2v) is 7.48. The smallest absolute Gasteiger partial charge is 0.266 e. The van der Waals surface area contributed by atoms with E-state index in [1.54, 1.807) is 45.2 Å². The summed E-state index contributed by atoms with van der Waals surface area (Å²) in [5, 5.41) is 3.47. The number of hydrogen-bond acceptors (Lipinski definition) is 3. The summed E-state index contributed by atoms with van der Waals surface area (Å²) in [6.45, 7) is 7.13. The third kappa shape index (κ3) is 5.47. The van der Waals surface area contributed by atoms with Gasteiger partial charge in [-0.05, 0) is 63.1 Å². The number of para-hydroxylation sites is 1. The summed E-state index contributed by atoms with van der Waals surface area (Å²) in [4.78, 5) is 26.5. The topological polar surface area (TPSA) is 58.6 Å². The molecule has 0 aromatic heterocycles. The average molecular weight is 389 g/mol. The molecule has 5 nitrogen and oxygen atoms in total. The maximum absolute atomic E-state index is 12.8. The second kappa shape index (κ2) is 8.44. The van der Waals surface area contributed by atoms with Gasteiger partial charge in [0.1, 0.15) is 5.75 Å². The quantitative estimate of drug-likeness (QED) is 0.806. The highest BCUT2D eigenvalue weighted by atomic mass is 35.5. The van der Waals surface area contributed by atoms with E-state index in [0.717, 1.165) is 16.8 Å². The first-order valence-electron chi connectivity index (χ1n) is 8.66. The Morgan fingerprint density at radius 2 is 1.63 bits per heavy atom. The van der Waals surface area contributed by atoms with Gasteiger partial charge in [0.05, 0.1) is 6.54 Å². The number of benzene rings is 2. The van der Waals surface area contributed by atoms with Crippen LogP contribution in [0.3, 0.4) is 0 Å². The fourth-order valence-electron chi connectivity index (χ4n) is 2.78. The molecule has 0 atom stereocenters. The molecule has 0 radical (unpaired) electrons. The van der Waals surface area contributed by atoms with Gasteiger partial charge in [-0.2, -0.15) is 0 Å². The maximum atomic E-state index is 12.8. The molecule has 27 heavy (non-hydrogen) atoms. The number of anilines is 1. The van der Waals surface area contributed by atoms with Crippen molar-refractivity contribution in [1.82, 2.24) is 4.90 Å². The number of nitrogens with one attached hydrogen (secondary N) is 1. The number of likely N-dealkylation sites (N-methyl/N-ethyl adjacent to an activating group) is 1. The summed E-state index contributed by atoms with van der Waals surface area (Å²) < 4.78 is 5.80. The number of amides is 2. The van der Waals surface area contributed by atoms with Crippen LogP contribution in [-0.4, -0.2) is 35.9 Å². The zero-order valence-corrected chi connectivity index (χ0v) is 17.1. The SMILES string of the molecule is Cc1cccc(C)c1NC(=O)CN(C)C(=O)C(C)(C)Oc1ccc(Cl)cc1. The number of rotatable bonds is 6. The summed E-state index contributed by atoms with van der Waals surface area (Å²) >= 11 is 5.87. The molecule has 6 heteroatoms. The lowest BCUT2D eigenvalue weighted by Crippen LogP contribution is -2.49. The van der Waals surface area contributed by atoms with E-state index in [-0.39, 0.29) is 18.4 Å². The van der Waals surface area contributed by atoms with Gasteiger partial charge in [-0.15, -0.1) is 0 Å². The van der Waals surface area contributed by atoms with Crippen LogP contribution in [0.4, 0.5) is 5.69 Å². The van der Waals surface area contributed by atoms with Crippen molar-refractivity contribution >= 4 is 29.1 Å². The summed E-state index contributed by atoms with van der Waals surface area (Å²) in [5.74, 6) is -0.0224. The van der Waals surface area contributed by atoms with E-state index in [4.69, 9.17) is 16.3 Å². The van der Waals surface area contributed by atoms with Gasteiger partial charge in [-0.3, -0.25) is 9.59 Å². The van der Waals surface area contributed by atoms with Gasteiger partial charge in [0, 0.05) is 17.8 Å². The Morgan fingerprint density at radius 1 is 1.07 bits per heavy atom. The number of ether oxygens (including phenoxy) is 1. The molecule has 0 spiro atoms. The van der Waals surface area contributed by atoms with Crippen LogP contribution in [0.2, 0.25) is 5.02 Å². The first kappa shape index (κ1) is 20.8. The zero-order chi connectivity index (χ0) is 20.2.